The molecule has 0 heterocycles. The number of nitrogens with two attached hydrogens (primary N) is 1. The van der Waals surface area contributed by atoms with E-state index in [0.717, 1.165) is 38.5 Å². The highest BCUT2D eigenvalue weighted by atomic mass is 16.6. The summed E-state index contributed by atoms with van der Waals surface area (Å²) in [6.45, 7) is 10.8. The molecule has 4 rings (SSSR count). The van der Waals surface area contributed by atoms with Crippen LogP contribution in [0.15, 0.2) is 0 Å². The van der Waals surface area contributed by atoms with Gasteiger partial charge in [-0.25, -0.2) is 0 Å². The Morgan fingerprint density at radius 3 is 2.33 bits per heavy atom. The summed E-state index contributed by atoms with van der Waals surface area (Å²) in [7, 11) is 0. The molecular formula is C32H51NO6. The van der Waals surface area contributed by atoms with E-state index in [9.17, 15) is 19.2 Å². The van der Waals surface area contributed by atoms with Crippen LogP contribution in [0.5, 0.6) is 0 Å². The Labute approximate surface area is 234 Å². The largest absolute Gasteiger partial charge is 0.467 e. The van der Waals surface area contributed by atoms with Crippen molar-refractivity contribution in [2.45, 2.75) is 117 Å². The van der Waals surface area contributed by atoms with Crippen molar-refractivity contribution in [2.24, 2.45) is 58.0 Å². The van der Waals surface area contributed by atoms with E-state index in [1.807, 2.05) is 13.8 Å². The number of rotatable bonds is 11. The van der Waals surface area contributed by atoms with E-state index >= 15 is 0 Å². The SMILES string of the molecule is CC(=O)[C@H]1CC[C@H]2[C@@H]3CC[C@H]4C[C@H](OC(=O)[C@H](COC=O)CC(=O)[C@@H](N)CC(C)C)CC[C@]4(C)[C@H]3CC[C@]12C. The fourth-order valence-corrected chi connectivity index (χ4v) is 9.65. The number of fused-ring (bicyclic) bond motifs is 5. The fraction of sp³-hybridized carbons (Fsp3) is 0.875. The van der Waals surface area contributed by atoms with Crippen LogP contribution in [0, 0.1) is 52.3 Å². The van der Waals surface area contributed by atoms with Crippen LogP contribution in [-0.4, -0.2) is 42.8 Å². The third kappa shape index (κ3) is 5.99. The number of carbonyl (C=O) groups excluding carboxylic acids is 4. The van der Waals surface area contributed by atoms with E-state index in [1.54, 1.807) is 6.92 Å². The van der Waals surface area contributed by atoms with E-state index in [1.165, 1.54) is 19.3 Å². The first-order valence-electron chi connectivity index (χ1n) is 15.4. The van der Waals surface area contributed by atoms with Crippen LogP contribution in [-0.2, 0) is 28.7 Å². The van der Waals surface area contributed by atoms with Gasteiger partial charge in [-0.1, -0.05) is 27.7 Å². The normalized spacial score (nSPS) is 39.1. The molecule has 7 nitrogen and oxygen atoms in total. The van der Waals surface area contributed by atoms with Crippen molar-refractivity contribution in [1.82, 2.24) is 0 Å². The Morgan fingerprint density at radius 1 is 0.974 bits per heavy atom. The van der Waals surface area contributed by atoms with Crippen LogP contribution in [0.3, 0.4) is 0 Å². The van der Waals surface area contributed by atoms with Crippen LogP contribution >= 0.6 is 0 Å². The van der Waals surface area contributed by atoms with Crippen LogP contribution in [0.4, 0.5) is 0 Å². The van der Waals surface area contributed by atoms with Gasteiger partial charge in [0.15, 0.2) is 5.78 Å². The molecule has 39 heavy (non-hydrogen) atoms. The third-order valence-corrected chi connectivity index (χ3v) is 11.7. The molecular weight excluding hydrogens is 494 g/mol. The first-order chi connectivity index (χ1) is 18.4. The molecule has 0 aliphatic heterocycles. The lowest BCUT2D eigenvalue weighted by Crippen LogP contribution is -2.54. The topological polar surface area (TPSA) is 113 Å². The maximum Gasteiger partial charge on any atom is 0.313 e. The average Bonchev–Trinajstić information content (AvgIpc) is 3.23. The predicted molar refractivity (Wildman–Crippen MR) is 148 cm³/mol. The highest BCUT2D eigenvalue weighted by Gasteiger charge is 2.61. The molecule has 4 aliphatic carbocycles. The quantitative estimate of drug-likeness (QED) is 0.278. The molecule has 10 atom stereocenters. The zero-order valence-corrected chi connectivity index (χ0v) is 24.8. The summed E-state index contributed by atoms with van der Waals surface area (Å²) in [6, 6.07) is -0.634. The summed E-state index contributed by atoms with van der Waals surface area (Å²) in [5, 5.41) is 0. The second-order valence-electron chi connectivity index (χ2n) is 14.3. The van der Waals surface area contributed by atoms with Crippen molar-refractivity contribution in [3.05, 3.63) is 0 Å². The average molecular weight is 546 g/mol. The minimum atomic E-state index is -0.822. The van der Waals surface area contributed by atoms with Gasteiger partial charge in [-0.3, -0.25) is 19.2 Å². The van der Waals surface area contributed by atoms with Crippen molar-refractivity contribution in [1.29, 1.82) is 0 Å². The minimum Gasteiger partial charge on any atom is -0.467 e. The second-order valence-corrected chi connectivity index (χ2v) is 14.3. The fourth-order valence-electron chi connectivity index (χ4n) is 9.65. The van der Waals surface area contributed by atoms with Crippen LogP contribution in [0.1, 0.15) is 105 Å². The maximum absolute atomic E-state index is 13.2. The third-order valence-electron chi connectivity index (χ3n) is 11.7. The highest BCUT2D eigenvalue weighted by molar-refractivity contribution is 5.88. The molecule has 2 N–H and O–H groups in total. The standard InChI is InChI=1S/C32H51NO6/c1-19(2)14-28(33)29(36)15-21(17-38-18-34)30(37)39-23-10-12-31(4)22(16-23)6-7-24-26-9-8-25(20(3)35)32(26,5)13-11-27(24)31/h18-19,21-28H,6-17,33H2,1-5H3/t21-,22-,23+,24-,25+,26-,27-,28-,31-,32+/m0/s1. The predicted octanol–water partition coefficient (Wildman–Crippen LogP) is 5.27. The molecule has 0 radical (unpaired) electrons. The molecule has 0 bridgehead atoms. The van der Waals surface area contributed by atoms with Crippen molar-refractivity contribution >= 4 is 24.0 Å². The lowest BCUT2D eigenvalue weighted by Gasteiger charge is -2.61. The lowest BCUT2D eigenvalue weighted by atomic mass is 9.44. The number of hydrogen-bond acceptors (Lipinski definition) is 7. The molecule has 0 unspecified atom stereocenters. The minimum absolute atomic E-state index is 0.0699. The van der Waals surface area contributed by atoms with Gasteiger partial charge in [0.1, 0.15) is 18.5 Å². The molecule has 0 aromatic heterocycles. The Balaban J connectivity index is 1.38. The summed E-state index contributed by atoms with van der Waals surface area (Å²) >= 11 is 0. The summed E-state index contributed by atoms with van der Waals surface area (Å²) in [5.41, 5.74) is 6.46. The zero-order valence-electron chi connectivity index (χ0n) is 24.8. The van der Waals surface area contributed by atoms with E-state index in [-0.39, 0.29) is 47.6 Å². The van der Waals surface area contributed by atoms with Crippen LogP contribution in [0.2, 0.25) is 0 Å². The lowest BCUT2D eigenvalue weighted by molar-refractivity contribution is -0.169. The molecule has 0 aromatic carbocycles. The van der Waals surface area contributed by atoms with Crippen molar-refractivity contribution in [2.75, 3.05) is 6.61 Å². The van der Waals surface area contributed by atoms with Gasteiger partial charge in [0.2, 0.25) is 0 Å². The molecule has 0 amide bonds. The highest BCUT2D eigenvalue weighted by Crippen LogP contribution is 2.67. The summed E-state index contributed by atoms with van der Waals surface area (Å²) in [6.07, 6.45) is 9.94. The number of ketones is 2. The Bertz CT molecular complexity index is 934. The summed E-state index contributed by atoms with van der Waals surface area (Å²) < 4.78 is 10.9. The van der Waals surface area contributed by atoms with Gasteiger partial charge < -0.3 is 15.2 Å². The molecule has 7 heteroatoms. The molecule has 220 valence electrons. The number of esters is 1. The van der Waals surface area contributed by atoms with Gasteiger partial charge in [0.05, 0.1) is 12.0 Å². The molecule has 4 aliphatic rings. The van der Waals surface area contributed by atoms with E-state index in [0.29, 0.717) is 42.3 Å². The zero-order chi connectivity index (χ0) is 28.5. The van der Waals surface area contributed by atoms with Crippen LogP contribution in [0.25, 0.3) is 0 Å². The summed E-state index contributed by atoms with van der Waals surface area (Å²) in [5.74, 6) is 1.92. The van der Waals surface area contributed by atoms with Gasteiger partial charge >= 0.3 is 5.97 Å². The number of ether oxygens (including phenoxy) is 2. The van der Waals surface area contributed by atoms with Gasteiger partial charge in [-0.15, -0.1) is 0 Å². The molecule has 4 saturated carbocycles. The van der Waals surface area contributed by atoms with E-state index < -0.39 is 17.9 Å². The van der Waals surface area contributed by atoms with Gasteiger partial charge in [-0.2, -0.15) is 0 Å². The van der Waals surface area contributed by atoms with E-state index in [4.69, 9.17) is 15.2 Å². The van der Waals surface area contributed by atoms with Crippen LogP contribution < -0.4 is 5.73 Å². The van der Waals surface area contributed by atoms with Crippen molar-refractivity contribution < 1.29 is 28.7 Å². The molecule has 0 aromatic rings. The van der Waals surface area contributed by atoms with Gasteiger partial charge in [0.25, 0.3) is 6.47 Å². The Hall–Kier alpha value is -1.76. The monoisotopic (exact) mass is 545 g/mol. The molecule has 4 fully saturated rings. The maximum atomic E-state index is 13.2. The number of hydrogen-bond donors (Lipinski definition) is 1. The summed E-state index contributed by atoms with van der Waals surface area (Å²) in [4.78, 5) is 49.1. The Kier molecular flexibility index (Phi) is 9.29. The van der Waals surface area contributed by atoms with Crippen molar-refractivity contribution in [3.63, 3.8) is 0 Å². The smallest absolute Gasteiger partial charge is 0.313 e. The van der Waals surface area contributed by atoms with Crippen molar-refractivity contribution in [3.8, 4) is 0 Å². The number of Topliss-reactive ketones (excluding diaryl/α,β-unsaturated/α-hetero) is 2. The molecule has 0 spiro atoms. The van der Waals surface area contributed by atoms with Gasteiger partial charge in [0, 0.05) is 12.3 Å². The Morgan fingerprint density at radius 2 is 1.67 bits per heavy atom. The first kappa shape index (κ1) is 30.2. The molecule has 0 saturated heterocycles. The number of carbonyl (C=O) groups is 4. The van der Waals surface area contributed by atoms with Gasteiger partial charge in [-0.05, 0) is 112 Å². The van der Waals surface area contributed by atoms with E-state index in [2.05, 4.69) is 13.8 Å². The first-order valence-corrected chi connectivity index (χ1v) is 15.4. The second kappa shape index (κ2) is 12.0.